The number of aryl methyl sites for hydroxylation is 2. The van der Waals surface area contributed by atoms with Crippen molar-refractivity contribution in [2.75, 3.05) is 17.2 Å². The van der Waals surface area contributed by atoms with Crippen LogP contribution < -0.4 is 15.4 Å². The lowest BCUT2D eigenvalue weighted by molar-refractivity contribution is -0.117. The van der Waals surface area contributed by atoms with Crippen LogP contribution in [0.25, 0.3) is 0 Å². The fourth-order valence-electron chi connectivity index (χ4n) is 2.88. The maximum absolute atomic E-state index is 12.1. The van der Waals surface area contributed by atoms with E-state index in [-0.39, 0.29) is 17.7 Å². The van der Waals surface area contributed by atoms with Crippen molar-refractivity contribution in [1.82, 2.24) is 0 Å². The number of hydrogen-bond acceptors (Lipinski definition) is 3. The Bertz CT molecular complexity index is 826. The van der Waals surface area contributed by atoms with Crippen molar-refractivity contribution < 1.29 is 14.3 Å². The van der Waals surface area contributed by atoms with E-state index in [1.165, 1.54) is 5.56 Å². The van der Waals surface area contributed by atoms with E-state index in [9.17, 15) is 9.59 Å². The highest BCUT2D eigenvalue weighted by Gasteiger charge is 2.29. The topological polar surface area (TPSA) is 67.4 Å². The molecule has 1 fully saturated rings. The van der Waals surface area contributed by atoms with Crippen molar-refractivity contribution in [2.24, 2.45) is 5.92 Å². The number of ether oxygens (including phenoxy) is 1. The first kappa shape index (κ1) is 19.9. The van der Waals surface area contributed by atoms with Crippen LogP contribution in [0.5, 0.6) is 5.75 Å². The number of benzene rings is 2. The molecule has 0 unspecified atom stereocenters. The van der Waals surface area contributed by atoms with Gasteiger partial charge in [-0.25, -0.2) is 0 Å². The normalized spacial score (nSPS) is 13.1. The second kappa shape index (κ2) is 9.40. The molecular weight excluding hydrogens is 352 g/mol. The number of unbranched alkanes of at least 4 members (excludes halogenated alkanes) is 1. The van der Waals surface area contributed by atoms with Crippen LogP contribution in [0, 0.1) is 19.8 Å². The predicted molar refractivity (Wildman–Crippen MR) is 112 cm³/mol. The molecule has 5 heteroatoms. The molecule has 2 aromatic carbocycles. The monoisotopic (exact) mass is 380 g/mol. The van der Waals surface area contributed by atoms with Gasteiger partial charge in [-0.3, -0.25) is 9.59 Å². The molecule has 2 aromatic rings. The molecule has 0 aliphatic heterocycles. The molecule has 0 heterocycles. The summed E-state index contributed by atoms with van der Waals surface area (Å²) >= 11 is 0. The van der Waals surface area contributed by atoms with Crippen molar-refractivity contribution in [3.63, 3.8) is 0 Å². The van der Waals surface area contributed by atoms with E-state index in [1.807, 2.05) is 44.2 Å². The van der Waals surface area contributed by atoms with Crippen LogP contribution in [0.3, 0.4) is 0 Å². The van der Waals surface area contributed by atoms with Gasteiger partial charge in [0.15, 0.2) is 0 Å². The summed E-state index contributed by atoms with van der Waals surface area (Å²) in [6.07, 6.45) is 4.01. The van der Waals surface area contributed by atoms with Gasteiger partial charge in [0.25, 0.3) is 0 Å². The van der Waals surface area contributed by atoms with Gasteiger partial charge in [0, 0.05) is 23.7 Å². The van der Waals surface area contributed by atoms with Crippen LogP contribution in [0.15, 0.2) is 42.5 Å². The molecule has 1 aliphatic rings. The van der Waals surface area contributed by atoms with Crippen molar-refractivity contribution in [2.45, 2.75) is 46.0 Å². The minimum absolute atomic E-state index is 0.0125. The minimum Gasteiger partial charge on any atom is -0.493 e. The number of carbonyl (C=O) groups is 2. The minimum atomic E-state index is -0.0125. The van der Waals surface area contributed by atoms with Crippen molar-refractivity contribution in [3.05, 3.63) is 53.6 Å². The zero-order valence-electron chi connectivity index (χ0n) is 16.6. The molecule has 0 bridgehead atoms. The Morgan fingerprint density at radius 2 is 1.64 bits per heavy atom. The molecule has 0 spiro atoms. The number of anilines is 2. The lowest BCUT2D eigenvalue weighted by Gasteiger charge is -2.10. The molecule has 148 valence electrons. The fraction of sp³-hybridized carbons (Fsp3) is 0.391. The summed E-state index contributed by atoms with van der Waals surface area (Å²) in [5.74, 6) is 1.16. The maximum atomic E-state index is 12.1. The van der Waals surface area contributed by atoms with E-state index in [1.54, 1.807) is 0 Å². The lowest BCUT2D eigenvalue weighted by Crippen LogP contribution is -2.14. The number of rotatable bonds is 9. The second-order valence-corrected chi connectivity index (χ2v) is 7.46. The summed E-state index contributed by atoms with van der Waals surface area (Å²) in [7, 11) is 0. The van der Waals surface area contributed by atoms with Gasteiger partial charge < -0.3 is 15.4 Å². The second-order valence-electron chi connectivity index (χ2n) is 7.46. The van der Waals surface area contributed by atoms with Crippen molar-refractivity contribution in [1.29, 1.82) is 0 Å². The molecule has 0 saturated heterocycles. The summed E-state index contributed by atoms with van der Waals surface area (Å²) in [6.45, 7) is 4.68. The van der Waals surface area contributed by atoms with Crippen molar-refractivity contribution >= 4 is 23.2 Å². The van der Waals surface area contributed by atoms with E-state index in [4.69, 9.17) is 4.74 Å². The highest BCUT2D eigenvalue weighted by molar-refractivity contribution is 5.95. The van der Waals surface area contributed by atoms with Crippen LogP contribution in [-0.4, -0.2) is 18.4 Å². The molecule has 1 aliphatic carbocycles. The summed E-state index contributed by atoms with van der Waals surface area (Å²) in [5.41, 5.74) is 3.80. The van der Waals surface area contributed by atoms with E-state index < -0.39 is 0 Å². The molecule has 0 radical (unpaired) electrons. The molecule has 2 amide bonds. The molecule has 28 heavy (non-hydrogen) atoms. The van der Waals surface area contributed by atoms with E-state index in [0.717, 1.165) is 48.4 Å². The largest absolute Gasteiger partial charge is 0.493 e. The third-order valence-corrected chi connectivity index (χ3v) is 4.78. The zero-order chi connectivity index (χ0) is 19.9. The van der Waals surface area contributed by atoms with Gasteiger partial charge in [-0.15, -0.1) is 0 Å². The van der Waals surface area contributed by atoms with Gasteiger partial charge in [0.1, 0.15) is 5.75 Å². The van der Waals surface area contributed by atoms with E-state index in [2.05, 4.69) is 22.8 Å². The van der Waals surface area contributed by atoms with Crippen LogP contribution in [0.4, 0.5) is 11.4 Å². The van der Waals surface area contributed by atoms with Gasteiger partial charge in [-0.05, 0) is 81.0 Å². The third kappa shape index (κ3) is 6.12. The standard InChI is InChI=1S/C23H28N2O3/c1-16-6-7-17(2)21(15-16)28-14-4-3-5-22(26)24-19-10-12-20(13-11-19)25-23(27)18-8-9-18/h6-7,10-13,15,18H,3-5,8-9,14H2,1-2H3,(H,24,26)(H,25,27). The molecule has 3 rings (SSSR count). The molecule has 5 nitrogen and oxygen atoms in total. The van der Waals surface area contributed by atoms with Gasteiger partial charge in [0.2, 0.25) is 11.8 Å². The number of carbonyl (C=O) groups excluding carboxylic acids is 2. The number of hydrogen-bond donors (Lipinski definition) is 2. The molecular formula is C23H28N2O3. The zero-order valence-corrected chi connectivity index (χ0v) is 16.6. The number of nitrogens with one attached hydrogen (secondary N) is 2. The van der Waals surface area contributed by atoms with Gasteiger partial charge >= 0.3 is 0 Å². The van der Waals surface area contributed by atoms with Gasteiger partial charge in [-0.1, -0.05) is 12.1 Å². The third-order valence-electron chi connectivity index (χ3n) is 4.78. The Balaban J connectivity index is 1.33. The molecule has 2 N–H and O–H groups in total. The molecule has 1 saturated carbocycles. The highest BCUT2D eigenvalue weighted by Crippen LogP contribution is 2.30. The summed E-state index contributed by atoms with van der Waals surface area (Å²) in [6, 6.07) is 13.4. The Hall–Kier alpha value is -2.82. The van der Waals surface area contributed by atoms with Crippen LogP contribution in [0.2, 0.25) is 0 Å². The van der Waals surface area contributed by atoms with E-state index in [0.29, 0.717) is 13.0 Å². The lowest BCUT2D eigenvalue weighted by atomic mass is 10.1. The predicted octanol–water partition coefficient (Wildman–Crippen LogP) is 4.84. The quantitative estimate of drug-likeness (QED) is 0.612. The van der Waals surface area contributed by atoms with Crippen LogP contribution in [0.1, 0.15) is 43.2 Å². The van der Waals surface area contributed by atoms with E-state index >= 15 is 0 Å². The summed E-state index contributed by atoms with van der Waals surface area (Å²) in [5, 5.41) is 5.78. The first-order valence-corrected chi connectivity index (χ1v) is 9.92. The number of amides is 2. The SMILES string of the molecule is Cc1ccc(C)c(OCCCCC(=O)Nc2ccc(NC(=O)C3CC3)cc2)c1. The fourth-order valence-corrected chi connectivity index (χ4v) is 2.88. The Labute approximate surface area is 166 Å². The average molecular weight is 380 g/mol. The Morgan fingerprint density at radius 3 is 2.32 bits per heavy atom. The highest BCUT2D eigenvalue weighted by atomic mass is 16.5. The Morgan fingerprint density at radius 1 is 0.964 bits per heavy atom. The summed E-state index contributed by atoms with van der Waals surface area (Å²) in [4.78, 5) is 23.8. The average Bonchev–Trinajstić information content (AvgIpc) is 3.51. The first-order chi connectivity index (χ1) is 13.5. The first-order valence-electron chi connectivity index (χ1n) is 9.92. The van der Waals surface area contributed by atoms with Gasteiger partial charge in [0.05, 0.1) is 6.61 Å². The van der Waals surface area contributed by atoms with Crippen LogP contribution >= 0.6 is 0 Å². The Kier molecular flexibility index (Phi) is 6.69. The van der Waals surface area contributed by atoms with Gasteiger partial charge in [-0.2, -0.15) is 0 Å². The molecule has 0 atom stereocenters. The summed E-state index contributed by atoms with van der Waals surface area (Å²) < 4.78 is 5.82. The molecule has 0 aromatic heterocycles. The smallest absolute Gasteiger partial charge is 0.227 e. The van der Waals surface area contributed by atoms with Crippen molar-refractivity contribution in [3.8, 4) is 5.75 Å². The van der Waals surface area contributed by atoms with Crippen LogP contribution in [-0.2, 0) is 9.59 Å². The maximum Gasteiger partial charge on any atom is 0.227 e.